The number of para-hydroxylation sites is 2. The third kappa shape index (κ3) is 8.05. The van der Waals surface area contributed by atoms with Gasteiger partial charge in [-0.3, -0.25) is 9.52 Å². The van der Waals surface area contributed by atoms with Gasteiger partial charge in [0.25, 0.3) is 0 Å². The van der Waals surface area contributed by atoms with Crippen molar-refractivity contribution < 1.29 is 19.1 Å². The number of carbonyl (C=O) groups excluding carboxylic acids is 2. The Hall–Kier alpha value is -3.01. The van der Waals surface area contributed by atoms with E-state index in [9.17, 15) is 9.59 Å². The molecule has 218 valence electrons. The first-order valence-electron chi connectivity index (χ1n) is 14.3. The number of ether oxygens (including phenoxy) is 2. The van der Waals surface area contributed by atoms with Crippen LogP contribution in [0.1, 0.15) is 47.2 Å². The summed E-state index contributed by atoms with van der Waals surface area (Å²) in [6.07, 6.45) is 6.00. The lowest BCUT2D eigenvalue weighted by Gasteiger charge is -2.40. The van der Waals surface area contributed by atoms with Gasteiger partial charge in [0.2, 0.25) is 0 Å². The van der Waals surface area contributed by atoms with Gasteiger partial charge in [-0.1, -0.05) is 48.5 Å². The van der Waals surface area contributed by atoms with Gasteiger partial charge in [0, 0.05) is 72.3 Å². The molecule has 3 aromatic rings. The molecule has 0 aromatic heterocycles. The third-order valence-electron chi connectivity index (χ3n) is 7.64. The molecule has 0 radical (unpaired) electrons. The van der Waals surface area contributed by atoms with E-state index in [1.54, 1.807) is 19.2 Å². The van der Waals surface area contributed by atoms with Crippen molar-refractivity contribution in [3.63, 3.8) is 0 Å². The fraction of sp³-hybridized carbons (Fsp3) is 0.394. The second-order valence-corrected chi connectivity index (χ2v) is 11.5. The summed E-state index contributed by atoms with van der Waals surface area (Å²) in [5, 5.41) is 6.65. The highest BCUT2D eigenvalue weighted by atomic mass is 32.2. The van der Waals surface area contributed by atoms with E-state index in [2.05, 4.69) is 51.8 Å². The minimum atomic E-state index is -0.0477. The Morgan fingerprint density at radius 3 is 2.27 bits per heavy atom. The zero-order valence-corrected chi connectivity index (χ0v) is 24.8. The van der Waals surface area contributed by atoms with Gasteiger partial charge in [0.05, 0.1) is 0 Å². The van der Waals surface area contributed by atoms with Crippen LogP contribution in [0.4, 0.5) is 0 Å². The van der Waals surface area contributed by atoms with Crippen LogP contribution < -0.4 is 20.1 Å². The minimum absolute atomic E-state index is 0.0477. The van der Waals surface area contributed by atoms with Gasteiger partial charge in [-0.15, -0.1) is 0 Å². The van der Waals surface area contributed by atoms with E-state index < -0.39 is 0 Å². The van der Waals surface area contributed by atoms with E-state index in [0.29, 0.717) is 11.6 Å². The molecule has 0 amide bonds. The average Bonchev–Trinajstić information content (AvgIpc) is 3.03. The number of nitrogens with one attached hydrogen (secondary N) is 3. The maximum Gasteiger partial charge on any atom is 0.150 e. The van der Waals surface area contributed by atoms with Crippen LogP contribution in [0.2, 0.25) is 0 Å². The molecule has 3 N–H and O–H groups in total. The SMILES string of the molecule is CNCC1(CCCCOC)c2ccccc2Oc2ccccc21.O=Cc1ccc(SNC2CNCC(C=O)C2)cc1. The van der Waals surface area contributed by atoms with Crippen LogP contribution >= 0.6 is 11.9 Å². The van der Waals surface area contributed by atoms with E-state index in [1.165, 1.54) is 23.1 Å². The van der Waals surface area contributed by atoms with Crippen LogP contribution in [0.3, 0.4) is 0 Å². The molecule has 0 spiro atoms. The van der Waals surface area contributed by atoms with Crippen LogP contribution in [0.25, 0.3) is 0 Å². The highest BCUT2D eigenvalue weighted by Crippen LogP contribution is 2.50. The van der Waals surface area contributed by atoms with E-state index in [1.807, 2.05) is 31.3 Å². The normalized spacial score (nSPS) is 18.6. The van der Waals surface area contributed by atoms with Crippen LogP contribution in [0.5, 0.6) is 11.5 Å². The largest absolute Gasteiger partial charge is 0.457 e. The lowest BCUT2D eigenvalue weighted by Crippen LogP contribution is -2.45. The lowest BCUT2D eigenvalue weighted by atomic mass is 9.69. The molecular weight excluding hydrogens is 534 g/mol. The van der Waals surface area contributed by atoms with Crippen LogP contribution in [0, 0.1) is 5.92 Å². The molecule has 0 aliphatic carbocycles. The summed E-state index contributed by atoms with van der Waals surface area (Å²) >= 11 is 1.54. The van der Waals surface area contributed by atoms with Gasteiger partial charge in [-0.2, -0.15) is 0 Å². The second-order valence-electron chi connectivity index (χ2n) is 10.6. The minimum Gasteiger partial charge on any atom is -0.457 e. The Kier molecular flexibility index (Phi) is 12.0. The van der Waals surface area contributed by atoms with Crippen LogP contribution in [-0.4, -0.2) is 59.0 Å². The Labute approximate surface area is 247 Å². The smallest absolute Gasteiger partial charge is 0.150 e. The first-order valence-corrected chi connectivity index (χ1v) is 15.1. The number of piperidine rings is 1. The number of unbranched alkanes of at least 4 members (excludes halogenated alkanes) is 1. The maximum atomic E-state index is 10.7. The van der Waals surface area contributed by atoms with Gasteiger partial charge in [-0.05, 0) is 68.9 Å². The topological polar surface area (TPSA) is 88.7 Å². The van der Waals surface area contributed by atoms with Crippen molar-refractivity contribution in [3.8, 4) is 11.5 Å². The Balaban J connectivity index is 0.000000195. The van der Waals surface area contributed by atoms with Crippen molar-refractivity contribution >= 4 is 24.5 Å². The van der Waals surface area contributed by atoms with E-state index in [0.717, 1.165) is 80.9 Å². The van der Waals surface area contributed by atoms with Gasteiger partial charge < -0.3 is 24.9 Å². The number of fused-ring (bicyclic) bond motifs is 2. The third-order valence-corrected chi connectivity index (χ3v) is 8.60. The van der Waals surface area contributed by atoms with E-state index >= 15 is 0 Å². The molecule has 1 fully saturated rings. The van der Waals surface area contributed by atoms with E-state index in [-0.39, 0.29) is 11.3 Å². The second kappa shape index (κ2) is 15.8. The summed E-state index contributed by atoms with van der Waals surface area (Å²) in [7, 11) is 3.79. The molecule has 0 bridgehead atoms. The Morgan fingerprint density at radius 1 is 0.976 bits per heavy atom. The Bertz CT molecular complexity index is 1210. The number of methoxy groups -OCH3 is 1. The molecule has 1 saturated heterocycles. The summed E-state index contributed by atoms with van der Waals surface area (Å²) in [6, 6.07) is 24.6. The van der Waals surface area contributed by atoms with Crippen molar-refractivity contribution in [2.45, 2.75) is 42.0 Å². The van der Waals surface area contributed by atoms with Crippen molar-refractivity contribution in [2.24, 2.45) is 5.92 Å². The zero-order valence-electron chi connectivity index (χ0n) is 23.9. The average molecular weight is 576 g/mol. The van der Waals surface area contributed by atoms with E-state index in [4.69, 9.17) is 9.47 Å². The number of aldehydes is 2. The number of rotatable bonds is 12. The molecule has 8 heteroatoms. The molecule has 2 unspecified atom stereocenters. The van der Waals surface area contributed by atoms with Gasteiger partial charge >= 0.3 is 0 Å². The molecular formula is C33H41N3O4S. The molecule has 0 saturated carbocycles. The molecule has 5 rings (SSSR count). The Morgan fingerprint density at radius 2 is 1.66 bits per heavy atom. The molecule has 2 heterocycles. The summed E-state index contributed by atoms with van der Waals surface area (Å²) < 4.78 is 14.7. The monoisotopic (exact) mass is 575 g/mol. The van der Waals surface area contributed by atoms with Gasteiger partial charge in [0.1, 0.15) is 24.1 Å². The quantitative estimate of drug-likeness (QED) is 0.151. The highest BCUT2D eigenvalue weighted by molar-refractivity contribution is 7.97. The van der Waals surface area contributed by atoms with Gasteiger partial charge in [0.15, 0.2) is 0 Å². The van der Waals surface area contributed by atoms with Crippen molar-refractivity contribution in [1.82, 2.24) is 15.4 Å². The number of hydrogen-bond donors (Lipinski definition) is 3. The van der Waals surface area contributed by atoms with Crippen molar-refractivity contribution in [3.05, 3.63) is 89.5 Å². The van der Waals surface area contributed by atoms with Crippen molar-refractivity contribution in [1.29, 1.82) is 0 Å². The standard InChI is InChI=1S/C20H25NO2.C13H16N2O2S/c1-21-15-20(13-7-8-14-22-2)16-9-3-5-11-18(16)23-19-12-6-4-10-17(19)20;16-8-10-1-3-13(4-2-10)18-15-12-5-11(9-17)6-14-7-12/h3-6,9-12,21H,7-8,13-15H2,1-2H3;1-4,8-9,11-12,14-15H,5-7H2. The first-order chi connectivity index (χ1) is 20.1. The lowest BCUT2D eigenvalue weighted by molar-refractivity contribution is -0.111. The first kappa shape index (κ1) is 30.9. The fourth-order valence-corrected chi connectivity index (χ4v) is 6.38. The summed E-state index contributed by atoms with van der Waals surface area (Å²) in [4.78, 5) is 22.3. The van der Waals surface area contributed by atoms with Crippen molar-refractivity contribution in [2.75, 3.05) is 40.4 Å². The number of likely N-dealkylation sites (N-methyl/N-ethyl adjacent to an activating group) is 1. The zero-order chi connectivity index (χ0) is 28.9. The van der Waals surface area contributed by atoms with Crippen LogP contribution in [0.15, 0.2) is 77.7 Å². The molecule has 2 atom stereocenters. The highest BCUT2D eigenvalue weighted by Gasteiger charge is 2.40. The predicted octanol–water partition coefficient (Wildman–Crippen LogP) is 5.39. The maximum absolute atomic E-state index is 10.7. The van der Waals surface area contributed by atoms with Gasteiger partial charge in [-0.25, -0.2) is 0 Å². The molecule has 2 aliphatic rings. The number of benzene rings is 3. The summed E-state index contributed by atoms with van der Waals surface area (Å²) in [5.74, 6) is 2.07. The van der Waals surface area contributed by atoms with Crippen LogP contribution in [-0.2, 0) is 14.9 Å². The molecule has 41 heavy (non-hydrogen) atoms. The summed E-state index contributed by atoms with van der Waals surface area (Å²) in [5.41, 5.74) is 3.20. The summed E-state index contributed by atoms with van der Waals surface area (Å²) in [6.45, 7) is 3.37. The fourth-order valence-electron chi connectivity index (χ4n) is 5.62. The number of hydrogen-bond acceptors (Lipinski definition) is 8. The molecule has 7 nitrogen and oxygen atoms in total. The number of carbonyl (C=O) groups is 2. The molecule has 3 aromatic carbocycles. The predicted molar refractivity (Wildman–Crippen MR) is 165 cm³/mol. The molecule has 2 aliphatic heterocycles.